The fraction of sp³-hybridized carbons (Fsp3) is 0.400. The molecule has 0 saturated heterocycles. The standard InChI is InChI=1S/C10H10Cl2N4O2/c1-5(2)9-14-7(18-15-9)4-16-10(17)8(12)6(11)3-13-16/h3,5H,4H2,1-2H3. The second-order valence-electron chi connectivity index (χ2n) is 3.97. The van der Waals surface area contributed by atoms with Crippen LogP contribution in [0.4, 0.5) is 0 Å². The van der Waals surface area contributed by atoms with Crippen LogP contribution in [0, 0.1) is 0 Å². The maximum Gasteiger partial charge on any atom is 0.287 e. The largest absolute Gasteiger partial charge is 0.337 e. The zero-order chi connectivity index (χ0) is 13.3. The molecule has 96 valence electrons. The molecule has 2 rings (SSSR count). The highest BCUT2D eigenvalue weighted by Gasteiger charge is 2.13. The topological polar surface area (TPSA) is 73.8 Å². The summed E-state index contributed by atoms with van der Waals surface area (Å²) in [7, 11) is 0. The quantitative estimate of drug-likeness (QED) is 0.865. The van der Waals surface area contributed by atoms with E-state index in [4.69, 9.17) is 27.7 Å². The first-order valence-corrected chi connectivity index (χ1v) is 5.98. The van der Waals surface area contributed by atoms with Gasteiger partial charge in [-0.05, 0) is 0 Å². The minimum Gasteiger partial charge on any atom is -0.337 e. The number of aromatic nitrogens is 4. The molecule has 0 atom stereocenters. The lowest BCUT2D eigenvalue weighted by Gasteiger charge is -2.01. The van der Waals surface area contributed by atoms with Gasteiger partial charge in [0.1, 0.15) is 11.6 Å². The Morgan fingerprint density at radius 3 is 2.78 bits per heavy atom. The first kappa shape index (κ1) is 13.0. The molecule has 2 aromatic rings. The molecule has 0 radical (unpaired) electrons. The van der Waals surface area contributed by atoms with Crippen LogP contribution >= 0.6 is 23.2 Å². The molecule has 0 amide bonds. The third-order valence-electron chi connectivity index (χ3n) is 2.23. The third kappa shape index (κ3) is 2.54. The Hall–Kier alpha value is -1.40. The van der Waals surface area contributed by atoms with Crippen LogP contribution in [0.15, 0.2) is 15.5 Å². The molecule has 0 spiro atoms. The van der Waals surface area contributed by atoms with Gasteiger partial charge >= 0.3 is 0 Å². The van der Waals surface area contributed by atoms with Gasteiger partial charge in [0.15, 0.2) is 5.82 Å². The molecule has 0 aliphatic rings. The van der Waals surface area contributed by atoms with Gasteiger partial charge in [0.05, 0.1) is 11.2 Å². The molecular weight excluding hydrogens is 279 g/mol. The number of hydrogen-bond donors (Lipinski definition) is 0. The Labute approximate surface area is 113 Å². The summed E-state index contributed by atoms with van der Waals surface area (Å²) >= 11 is 11.4. The predicted molar refractivity (Wildman–Crippen MR) is 66.0 cm³/mol. The molecule has 0 aliphatic heterocycles. The van der Waals surface area contributed by atoms with Gasteiger partial charge in [-0.25, -0.2) is 4.68 Å². The molecule has 0 saturated carbocycles. The van der Waals surface area contributed by atoms with E-state index in [1.165, 1.54) is 6.20 Å². The summed E-state index contributed by atoms with van der Waals surface area (Å²) in [5.41, 5.74) is -0.492. The number of halogens is 2. The third-order valence-corrected chi connectivity index (χ3v) is 2.98. The molecule has 0 N–H and O–H groups in total. The molecule has 2 aromatic heterocycles. The van der Waals surface area contributed by atoms with Crippen LogP contribution in [-0.4, -0.2) is 19.9 Å². The lowest BCUT2D eigenvalue weighted by atomic mass is 10.2. The van der Waals surface area contributed by atoms with Crippen molar-refractivity contribution in [2.24, 2.45) is 0 Å². The second-order valence-corrected chi connectivity index (χ2v) is 4.76. The highest BCUT2D eigenvalue weighted by Crippen LogP contribution is 2.15. The van der Waals surface area contributed by atoms with Crippen molar-refractivity contribution < 1.29 is 4.52 Å². The van der Waals surface area contributed by atoms with Gasteiger partial charge in [-0.1, -0.05) is 42.2 Å². The molecule has 0 fully saturated rings. The SMILES string of the molecule is CC(C)c1noc(Cn2ncc(Cl)c(Cl)c2=O)n1. The predicted octanol–water partition coefficient (Wildman–Crippen LogP) is 2.10. The van der Waals surface area contributed by atoms with Gasteiger partial charge in [-0.2, -0.15) is 10.1 Å². The lowest BCUT2D eigenvalue weighted by Crippen LogP contribution is -2.23. The van der Waals surface area contributed by atoms with Crippen molar-refractivity contribution in [2.75, 3.05) is 0 Å². The normalized spacial score (nSPS) is 11.2. The molecular formula is C10H10Cl2N4O2. The number of rotatable bonds is 3. The van der Waals surface area contributed by atoms with Crippen LogP contribution in [0.3, 0.4) is 0 Å². The van der Waals surface area contributed by atoms with Crippen molar-refractivity contribution >= 4 is 23.2 Å². The van der Waals surface area contributed by atoms with E-state index in [0.29, 0.717) is 11.7 Å². The molecule has 2 heterocycles. The van der Waals surface area contributed by atoms with Crippen molar-refractivity contribution in [2.45, 2.75) is 26.3 Å². The van der Waals surface area contributed by atoms with Gasteiger partial charge < -0.3 is 4.52 Å². The smallest absolute Gasteiger partial charge is 0.287 e. The van der Waals surface area contributed by atoms with Gasteiger partial charge in [0, 0.05) is 5.92 Å². The van der Waals surface area contributed by atoms with Gasteiger partial charge in [0.25, 0.3) is 5.56 Å². The van der Waals surface area contributed by atoms with Crippen molar-refractivity contribution in [1.29, 1.82) is 0 Å². The van der Waals surface area contributed by atoms with Crippen LogP contribution in [-0.2, 0) is 6.54 Å². The molecule has 0 unspecified atom stereocenters. The zero-order valence-corrected chi connectivity index (χ0v) is 11.2. The van der Waals surface area contributed by atoms with E-state index in [0.717, 1.165) is 4.68 Å². The van der Waals surface area contributed by atoms with Crippen LogP contribution < -0.4 is 5.56 Å². The Balaban J connectivity index is 2.29. The van der Waals surface area contributed by atoms with Crippen LogP contribution in [0.25, 0.3) is 0 Å². The van der Waals surface area contributed by atoms with E-state index < -0.39 is 5.56 Å². The highest BCUT2D eigenvalue weighted by molar-refractivity contribution is 6.41. The average Bonchev–Trinajstić information content (AvgIpc) is 2.79. The van der Waals surface area contributed by atoms with Crippen molar-refractivity contribution in [3.63, 3.8) is 0 Å². The second kappa shape index (κ2) is 5.07. The molecule has 0 aromatic carbocycles. The lowest BCUT2D eigenvalue weighted by molar-refractivity contribution is 0.357. The molecule has 8 heteroatoms. The van der Waals surface area contributed by atoms with E-state index in [9.17, 15) is 4.79 Å². The number of nitrogens with zero attached hydrogens (tertiary/aromatic N) is 4. The first-order chi connectivity index (χ1) is 8.49. The van der Waals surface area contributed by atoms with Crippen LogP contribution in [0.2, 0.25) is 10.0 Å². The fourth-order valence-electron chi connectivity index (χ4n) is 1.25. The summed E-state index contributed by atoms with van der Waals surface area (Å²) in [6.07, 6.45) is 1.30. The molecule has 6 nitrogen and oxygen atoms in total. The summed E-state index contributed by atoms with van der Waals surface area (Å²) in [6.45, 7) is 3.95. The first-order valence-electron chi connectivity index (χ1n) is 5.22. The van der Waals surface area contributed by atoms with Crippen molar-refractivity contribution in [1.82, 2.24) is 19.9 Å². The summed E-state index contributed by atoms with van der Waals surface area (Å²) in [6, 6.07) is 0. The molecule has 0 bridgehead atoms. The molecule has 18 heavy (non-hydrogen) atoms. The van der Waals surface area contributed by atoms with E-state index in [1.807, 2.05) is 13.8 Å². The average molecular weight is 289 g/mol. The van der Waals surface area contributed by atoms with Gasteiger partial charge in [-0.15, -0.1) is 0 Å². The van der Waals surface area contributed by atoms with Gasteiger partial charge in [-0.3, -0.25) is 4.79 Å². The van der Waals surface area contributed by atoms with E-state index in [2.05, 4.69) is 15.2 Å². The van der Waals surface area contributed by atoms with E-state index in [1.54, 1.807) is 0 Å². The fourth-order valence-corrected chi connectivity index (χ4v) is 1.52. The van der Waals surface area contributed by atoms with Crippen molar-refractivity contribution in [3.05, 3.63) is 38.3 Å². The van der Waals surface area contributed by atoms with Gasteiger partial charge in [0.2, 0.25) is 5.89 Å². The number of hydrogen-bond acceptors (Lipinski definition) is 5. The van der Waals surface area contributed by atoms with Crippen LogP contribution in [0.1, 0.15) is 31.5 Å². The minimum absolute atomic E-state index is 0.0649. The summed E-state index contributed by atoms with van der Waals surface area (Å²) in [5.74, 6) is 1.03. The van der Waals surface area contributed by atoms with Crippen molar-refractivity contribution in [3.8, 4) is 0 Å². The Kier molecular flexibility index (Phi) is 3.68. The zero-order valence-electron chi connectivity index (χ0n) is 9.72. The molecule has 0 aliphatic carbocycles. The monoisotopic (exact) mass is 288 g/mol. The maximum absolute atomic E-state index is 11.7. The maximum atomic E-state index is 11.7. The van der Waals surface area contributed by atoms with E-state index >= 15 is 0 Å². The highest BCUT2D eigenvalue weighted by atomic mass is 35.5. The summed E-state index contributed by atoms with van der Waals surface area (Å²) < 4.78 is 6.13. The summed E-state index contributed by atoms with van der Waals surface area (Å²) in [4.78, 5) is 15.9. The minimum atomic E-state index is -0.492. The summed E-state index contributed by atoms with van der Waals surface area (Å²) in [5, 5.41) is 7.68. The Bertz CT molecular complexity index is 621. The Morgan fingerprint density at radius 2 is 2.17 bits per heavy atom. The Morgan fingerprint density at radius 1 is 1.44 bits per heavy atom. The van der Waals surface area contributed by atoms with E-state index in [-0.39, 0.29) is 22.5 Å². The van der Waals surface area contributed by atoms with Crippen LogP contribution in [0.5, 0.6) is 0 Å².